The van der Waals surface area contributed by atoms with E-state index in [1.807, 2.05) is 30.3 Å². The summed E-state index contributed by atoms with van der Waals surface area (Å²) in [5, 5.41) is 8.37. The van der Waals surface area contributed by atoms with Crippen LogP contribution in [0.5, 0.6) is 23.0 Å². The molecule has 2 aromatic carbocycles. The van der Waals surface area contributed by atoms with E-state index in [-0.39, 0.29) is 0 Å². The normalized spacial score (nSPS) is 10.9. The van der Waals surface area contributed by atoms with Crippen molar-refractivity contribution in [3.63, 3.8) is 0 Å². The number of hydrogen-bond donors (Lipinski definition) is 0. The summed E-state index contributed by atoms with van der Waals surface area (Å²) in [5.74, 6) is 3.28. The highest BCUT2D eigenvalue weighted by molar-refractivity contribution is 5.66. The molecule has 30 heavy (non-hydrogen) atoms. The van der Waals surface area contributed by atoms with Crippen molar-refractivity contribution in [2.24, 2.45) is 5.92 Å². The molecule has 0 unspecified atom stereocenters. The number of methoxy groups -OCH3 is 3. The molecule has 0 aliphatic carbocycles. The molecule has 7 nitrogen and oxygen atoms in total. The molecule has 0 aliphatic heterocycles. The number of rotatable bonds is 10. The molecule has 0 fully saturated rings. The number of ether oxygens (including phenoxy) is 4. The Morgan fingerprint density at radius 2 is 1.70 bits per heavy atom. The molecule has 3 rings (SSSR count). The largest absolute Gasteiger partial charge is 0.497 e. The lowest BCUT2D eigenvalue weighted by Crippen LogP contribution is -2.04. The van der Waals surface area contributed by atoms with Crippen LogP contribution in [0.4, 0.5) is 0 Å². The monoisotopic (exact) mass is 411 g/mol. The van der Waals surface area contributed by atoms with E-state index < -0.39 is 0 Å². The summed E-state index contributed by atoms with van der Waals surface area (Å²) in [7, 11) is 4.78. The van der Waals surface area contributed by atoms with Crippen LogP contribution in [0.3, 0.4) is 0 Å². The Kier molecular flexibility index (Phi) is 7.17. The number of nitrogens with zero attached hydrogens (tertiary/aromatic N) is 3. The second-order valence-corrected chi connectivity index (χ2v) is 7.32. The average Bonchev–Trinajstić information content (AvgIpc) is 3.25. The van der Waals surface area contributed by atoms with E-state index in [9.17, 15) is 0 Å². The van der Waals surface area contributed by atoms with Gasteiger partial charge in [0.05, 0.1) is 39.8 Å². The van der Waals surface area contributed by atoms with Crippen molar-refractivity contribution in [1.82, 2.24) is 15.0 Å². The minimum Gasteiger partial charge on any atom is -0.497 e. The molecule has 1 aromatic heterocycles. The fraction of sp³-hybridized carbons (Fsp3) is 0.391. The zero-order valence-corrected chi connectivity index (χ0v) is 18.2. The fourth-order valence-electron chi connectivity index (χ4n) is 3.21. The Morgan fingerprint density at radius 3 is 2.33 bits per heavy atom. The van der Waals surface area contributed by atoms with E-state index in [0.29, 0.717) is 28.9 Å². The van der Waals surface area contributed by atoms with Crippen molar-refractivity contribution >= 4 is 0 Å². The van der Waals surface area contributed by atoms with Crippen LogP contribution in [0.15, 0.2) is 42.6 Å². The maximum Gasteiger partial charge on any atom is 0.186 e. The van der Waals surface area contributed by atoms with Gasteiger partial charge in [-0.3, -0.25) is 0 Å². The first kappa shape index (κ1) is 21.5. The highest BCUT2D eigenvalue weighted by Crippen LogP contribution is 2.39. The van der Waals surface area contributed by atoms with Gasteiger partial charge in [-0.25, -0.2) is 4.68 Å². The summed E-state index contributed by atoms with van der Waals surface area (Å²) >= 11 is 0. The Balaban J connectivity index is 1.87. The molecule has 0 aliphatic rings. The minimum absolute atomic E-state index is 0.551. The molecule has 1 heterocycles. The third kappa shape index (κ3) is 4.84. The topological polar surface area (TPSA) is 67.6 Å². The summed E-state index contributed by atoms with van der Waals surface area (Å²) in [6, 6.07) is 11.5. The van der Waals surface area contributed by atoms with Crippen molar-refractivity contribution in [1.29, 1.82) is 0 Å². The molecule has 0 N–H and O–H groups in total. The molecule has 160 valence electrons. The molecule has 0 saturated heterocycles. The zero-order chi connectivity index (χ0) is 21.5. The lowest BCUT2D eigenvalue weighted by Gasteiger charge is -2.16. The third-order valence-corrected chi connectivity index (χ3v) is 4.79. The van der Waals surface area contributed by atoms with Crippen LogP contribution in [-0.4, -0.2) is 42.9 Å². The smallest absolute Gasteiger partial charge is 0.186 e. The summed E-state index contributed by atoms with van der Waals surface area (Å²) in [6.07, 6.45) is 3.92. The molecule has 0 amide bonds. The Morgan fingerprint density at radius 1 is 0.933 bits per heavy atom. The first-order valence-corrected chi connectivity index (χ1v) is 10.0. The van der Waals surface area contributed by atoms with Crippen molar-refractivity contribution in [3.8, 4) is 39.9 Å². The minimum atomic E-state index is 0.551. The standard InChI is InChI=1S/C23H29N3O4/c1-16(2)7-6-12-30-18-10-8-17(9-11-18)21-15-24-25-26(21)20-13-19(27-3)14-22(28-4)23(20)29-5/h8-11,13-16H,6-7,12H2,1-5H3. The summed E-state index contributed by atoms with van der Waals surface area (Å²) < 4.78 is 24.0. The van der Waals surface area contributed by atoms with E-state index >= 15 is 0 Å². The predicted molar refractivity (Wildman–Crippen MR) is 116 cm³/mol. The highest BCUT2D eigenvalue weighted by atomic mass is 16.5. The van der Waals surface area contributed by atoms with Gasteiger partial charge in [-0.05, 0) is 43.0 Å². The van der Waals surface area contributed by atoms with Crippen LogP contribution in [-0.2, 0) is 0 Å². The van der Waals surface area contributed by atoms with Crippen LogP contribution in [0.2, 0.25) is 0 Å². The Bertz CT molecular complexity index is 952. The molecular formula is C23H29N3O4. The van der Waals surface area contributed by atoms with Crippen LogP contribution >= 0.6 is 0 Å². The van der Waals surface area contributed by atoms with E-state index in [0.717, 1.165) is 36.5 Å². The summed E-state index contributed by atoms with van der Waals surface area (Å²) in [4.78, 5) is 0. The van der Waals surface area contributed by atoms with Gasteiger partial charge in [0.15, 0.2) is 11.5 Å². The Hall–Kier alpha value is -3.22. The van der Waals surface area contributed by atoms with Crippen molar-refractivity contribution in [3.05, 3.63) is 42.6 Å². The second kappa shape index (κ2) is 10.0. The lowest BCUT2D eigenvalue weighted by atomic mass is 10.1. The molecule has 0 saturated carbocycles. The fourth-order valence-corrected chi connectivity index (χ4v) is 3.21. The van der Waals surface area contributed by atoms with E-state index in [1.54, 1.807) is 38.3 Å². The molecular weight excluding hydrogens is 382 g/mol. The van der Waals surface area contributed by atoms with Crippen LogP contribution in [0.25, 0.3) is 16.9 Å². The van der Waals surface area contributed by atoms with Gasteiger partial charge in [0, 0.05) is 17.7 Å². The predicted octanol–water partition coefficient (Wildman–Crippen LogP) is 4.78. The van der Waals surface area contributed by atoms with Crippen molar-refractivity contribution in [2.75, 3.05) is 27.9 Å². The maximum atomic E-state index is 5.85. The summed E-state index contributed by atoms with van der Waals surface area (Å²) in [6.45, 7) is 5.16. The van der Waals surface area contributed by atoms with Crippen LogP contribution < -0.4 is 18.9 Å². The molecule has 0 spiro atoms. The molecule has 0 radical (unpaired) electrons. The summed E-state index contributed by atoms with van der Waals surface area (Å²) in [5.41, 5.74) is 2.45. The van der Waals surface area contributed by atoms with Gasteiger partial charge in [0.25, 0.3) is 0 Å². The molecule has 0 bridgehead atoms. The van der Waals surface area contributed by atoms with Crippen LogP contribution in [0.1, 0.15) is 26.7 Å². The van der Waals surface area contributed by atoms with E-state index in [2.05, 4.69) is 24.2 Å². The quantitative estimate of drug-likeness (QED) is 0.448. The third-order valence-electron chi connectivity index (χ3n) is 4.79. The first-order valence-electron chi connectivity index (χ1n) is 10.0. The van der Waals surface area contributed by atoms with Gasteiger partial charge in [0.1, 0.15) is 17.2 Å². The molecule has 0 atom stereocenters. The Labute approximate surface area is 177 Å². The maximum absolute atomic E-state index is 5.85. The van der Waals surface area contributed by atoms with Gasteiger partial charge in [0.2, 0.25) is 0 Å². The van der Waals surface area contributed by atoms with E-state index in [1.165, 1.54) is 0 Å². The van der Waals surface area contributed by atoms with Gasteiger partial charge >= 0.3 is 0 Å². The second-order valence-electron chi connectivity index (χ2n) is 7.32. The van der Waals surface area contributed by atoms with Crippen molar-refractivity contribution in [2.45, 2.75) is 26.7 Å². The highest BCUT2D eigenvalue weighted by Gasteiger charge is 2.19. The van der Waals surface area contributed by atoms with Gasteiger partial charge in [-0.1, -0.05) is 19.1 Å². The van der Waals surface area contributed by atoms with E-state index in [4.69, 9.17) is 18.9 Å². The molecule has 3 aromatic rings. The number of aromatic nitrogens is 3. The van der Waals surface area contributed by atoms with Crippen LogP contribution in [0, 0.1) is 5.92 Å². The first-order chi connectivity index (χ1) is 14.6. The number of benzene rings is 2. The SMILES string of the molecule is COc1cc(OC)c(OC)c(-n2nncc2-c2ccc(OCCCC(C)C)cc2)c1. The number of hydrogen-bond acceptors (Lipinski definition) is 6. The van der Waals surface area contributed by atoms with Crippen molar-refractivity contribution < 1.29 is 18.9 Å². The molecule has 7 heteroatoms. The average molecular weight is 412 g/mol. The zero-order valence-electron chi connectivity index (χ0n) is 18.2. The van der Waals surface area contributed by atoms with Gasteiger partial charge in [-0.2, -0.15) is 0 Å². The lowest BCUT2D eigenvalue weighted by molar-refractivity contribution is 0.298. The van der Waals surface area contributed by atoms with Gasteiger partial charge < -0.3 is 18.9 Å². The van der Waals surface area contributed by atoms with Gasteiger partial charge in [-0.15, -0.1) is 5.10 Å².